The number of halogens is 1. The number of rotatable bonds is 5. The summed E-state index contributed by atoms with van der Waals surface area (Å²) in [7, 11) is 0. The molecule has 1 amide bonds. The standard InChI is InChI=1S/C16H24ClNO/c1-5-6-11-18(15(19)12-16(2,3)4)14-10-8-7-9-13(14)17/h7-10H,5-6,11-12H2,1-4H3. The predicted octanol–water partition coefficient (Wildman–Crippen LogP) is 4.91. The number of amides is 1. The lowest BCUT2D eigenvalue weighted by molar-refractivity contribution is -0.120. The van der Waals surface area contributed by atoms with Gasteiger partial charge in [-0.25, -0.2) is 0 Å². The van der Waals surface area contributed by atoms with Gasteiger partial charge in [0.2, 0.25) is 5.91 Å². The second kappa shape index (κ2) is 6.95. The molecule has 0 radical (unpaired) electrons. The molecule has 1 aromatic carbocycles. The molecule has 0 fully saturated rings. The maximum absolute atomic E-state index is 12.5. The molecule has 106 valence electrons. The van der Waals surface area contributed by atoms with E-state index in [1.54, 1.807) is 0 Å². The molecule has 3 heteroatoms. The molecule has 0 saturated heterocycles. The highest BCUT2D eigenvalue weighted by Crippen LogP contribution is 2.28. The van der Waals surface area contributed by atoms with Crippen LogP contribution >= 0.6 is 11.6 Å². The number of hydrogen-bond acceptors (Lipinski definition) is 1. The van der Waals surface area contributed by atoms with E-state index < -0.39 is 0 Å². The predicted molar refractivity (Wildman–Crippen MR) is 82.8 cm³/mol. The van der Waals surface area contributed by atoms with Crippen molar-refractivity contribution in [2.24, 2.45) is 5.41 Å². The van der Waals surface area contributed by atoms with Crippen LogP contribution in [-0.4, -0.2) is 12.5 Å². The summed E-state index contributed by atoms with van der Waals surface area (Å²) in [5, 5.41) is 0.640. The highest BCUT2D eigenvalue weighted by atomic mass is 35.5. The molecule has 0 unspecified atom stereocenters. The molecule has 1 aromatic rings. The van der Waals surface area contributed by atoms with Gasteiger partial charge in [-0.05, 0) is 24.0 Å². The molecule has 0 N–H and O–H groups in total. The van der Waals surface area contributed by atoms with Gasteiger partial charge in [-0.2, -0.15) is 0 Å². The van der Waals surface area contributed by atoms with Gasteiger partial charge in [-0.1, -0.05) is 57.8 Å². The second-order valence-corrected chi connectivity index (χ2v) is 6.49. The second-order valence-electron chi connectivity index (χ2n) is 6.09. The van der Waals surface area contributed by atoms with Crippen molar-refractivity contribution in [3.63, 3.8) is 0 Å². The molecule has 0 heterocycles. The van der Waals surface area contributed by atoms with Gasteiger partial charge >= 0.3 is 0 Å². The van der Waals surface area contributed by atoms with E-state index in [9.17, 15) is 4.79 Å². The first kappa shape index (κ1) is 16.0. The molecule has 0 aliphatic rings. The van der Waals surface area contributed by atoms with Gasteiger partial charge < -0.3 is 4.90 Å². The summed E-state index contributed by atoms with van der Waals surface area (Å²) < 4.78 is 0. The van der Waals surface area contributed by atoms with E-state index in [1.165, 1.54) is 0 Å². The first-order chi connectivity index (χ1) is 8.85. The van der Waals surface area contributed by atoms with Crippen LogP contribution in [0.2, 0.25) is 5.02 Å². The highest BCUT2D eigenvalue weighted by Gasteiger charge is 2.23. The van der Waals surface area contributed by atoms with E-state index in [-0.39, 0.29) is 11.3 Å². The van der Waals surface area contributed by atoms with Crippen LogP contribution in [0.1, 0.15) is 47.0 Å². The number of anilines is 1. The molecule has 2 nitrogen and oxygen atoms in total. The Hall–Kier alpha value is -1.02. The molecule has 0 atom stereocenters. The average Bonchev–Trinajstić information content (AvgIpc) is 2.29. The van der Waals surface area contributed by atoms with Crippen molar-refractivity contribution in [1.29, 1.82) is 0 Å². The fraction of sp³-hybridized carbons (Fsp3) is 0.562. The van der Waals surface area contributed by atoms with Crippen molar-refractivity contribution in [1.82, 2.24) is 0 Å². The normalized spacial score (nSPS) is 11.4. The van der Waals surface area contributed by atoms with E-state index in [4.69, 9.17) is 11.6 Å². The number of hydrogen-bond donors (Lipinski definition) is 0. The van der Waals surface area contributed by atoms with Gasteiger partial charge in [0.15, 0.2) is 0 Å². The van der Waals surface area contributed by atoms with Crippen molar-refractivity contribution < 1.29 is 4.79 Å². The lowest BCUT2D eigenvalue weighted by Crippen LogP contribution is -2.34. The van der Waals surface area contributed by atoms with Crippen LogP contribution in [-0.2, 0) is 4.79 Å². The molecule has 1 rings (SSSR count). The van der Waals surface area contributed by atoms with E-state index in [1.807, 2.05) is 29.2 Å². The largest absolute Gasteiger partial charge is 0.311 e. The molecule has 0 aliphatic carbocycles. The lowest BCUT2D eigenvalue weighted by Gasteiger charge is -2.27. The molecule has 0 aromatic heterocycles. The minimum Gasteiger partial charge on any atom is -0.311 e. The first-order valence-electron chi connectivity index (χ1n) is 6.90. The van der Waals surface area contributed by atoms with Crippen molar-refractivity contribution in [2.45, 2.75) is 47.0 Å². The Balaban J connectivity index is 2.95. The number of carbonyl (C=O) groups is 1. The first-order valence-corrected chi connectivity index (χ1v) is 7.28. The summed E-state index contributed by atoms with van der Waals surface area (Å²) in [5.74, 6) is 0.147. The van der Waals surface area contributed by atoms with Crippen molar-refractivity contribution >= 4 is 23.2 Å². The third kappa shape index (κ3) is 5.23. The molecular weight excluding hydrogens is 258 g/mol. The molecule has 19 heavy (non-hydrogen) atoms. The highest BCUT2D eigenvalue weighted by molar-refractivity contribution is 6.33. The summed E-state index contributed by atoms with van der Waals surface area (Å²) in [6.45, 7) is 9.09. The fourth-order valence-corrected chi connectivity index (χ4v) is 2.15. The summed E-state index contributed by atoms with van der Waals surface area (Å²) in [6.07, 6.45) is 2.58. The molecular formula is C16H24ClNO. The quantitative estimate of drug-likeness (QED) is 0.751. The third-order valence-electron chi connectivity index (χ3n) is 2.86. The molecule has 0 bridgehead atoms. The monoisotopic (exact) mass is 281 g/mol. The van der Waals surface area contributed by atoms with Crippen LogP contribution < -0.4 is 4.90 Å². The van der Waals surface area contributed by atoms with Gasteiger partial charge in [-0.15, -0.1) is 0 Å². The minimum atomic E-state index is -0.0111. The minimum absolute atomic E-state index is 0.0111. The van der Waals surface area contributed by atoms with Crippen molar-refractivity contribution in [3.8, 4) is 0 Å². The number of nitrogens with zero attached hydrogens (tertiary/aromatic N) is 1. The molecule has 0 aliphatic heterocycles. The Kier molecular flexibility index (Phi) is 5.86. The smallest absolute Gasteiger partial charge is 0.227 e. The van der Waals surface area contributed by atoms with Gasteiger partial charge in [0.05, 0.1) is 10.7 Å². The molecule has 0 spiro atoms. The van der Waals surface area contributed by atoms with Gasteiger partial charge in [0, 0.05) is 13.0 Å². The Morgan fingerprint density at radius 3 is 2.42 bits per heavy atom. The Labute approximate surface area is 121 Å². The number of para-hydroxylation sites is 1. The zero-order valence-electron chi connectivity index (χ0n) is 12.4. The zero-order chi connectivity index (χ0) is 14.5. The van der Waals surface area contributed by atoms with Crippen molar-refractivity contribution in [2.75, 3.05) is 11.4 Å². The van der Waals surface area contributed by atoms with Gasteiger partial charge in [0.1, 0.15) is 0 Å². The van der Waals surface area contributed by atoms with Gasteiger partial charge in [0.25, 0.3) is 0 Å². The lowest BCUT2D eigenvalue weighted by atomic mass is 9.91. The van der Waals surface area contributed by atoms with E-state index in [2.05, 4.69) is 27.7 Å². The van der Waals surface area contributed by atoms with Crippen molar-refractivity contribution in [3.05, 3.63) is 29.3 Å². The Bertz CT molecular complexity index is 423. The van der Waals surface area contributed by atoms with E-state index in [0.29, 0.717) is 11.4 Å². The van der Waals surface area contributed by atoms with Crippen LogP contribution in [0.4, 0.5) is 5.69 Å². The van der Waals surface area contributed by atoms with Crippen LogP contribution in [0.25, 0.3) is 0 Å². The Morgan fingerprint density at radius 2 is 1.89 bits per heavy atom. The van der Waals surface area contributed by atoms with Gasteiger partial charge in [-0.3, -0.25) is 4.79 Å². The summed E-state index contributed by atoms with van der Waals surface area (Å²) in [5.41, 5.74) is 0.815. The number of carbonyl (C=O) groups excluding carboxylic acids is 1. The van der Waals surface area contributed by atoms with Crippen LogP contribution in [0.15, 0.2) is 24.3 Å². The number of unbranched alkanes of at least 4 members (excludes halogenated alkanes) is 1. The van der Waals surface area contributed by atoms with E-state index in [0.717, 1.165) is 25.1 Å². The van der Waals surface area contributed by atoms with E-state index >= 15 is 0 Å². The average molecular weight is 282 g/mol. The maximum Gasteiger partial charge on any atom is 0.227 e. The van der Waals surface area contributed by atoms with Crippen LogP contribution in [0, 0.1) is 5.41 Å². The summed E-state index contributed by atoms with van der Waals surface area (Å²) >= 11 is 6.22. The Morgan fingerprint density at radius 1 is 1.26 bits per heavy atom. The topological polar surface area (TPSA) is 20.3 Å². The summed E-state index contributed by atoms with van der Waals surface area (Å²) in [6, 6.07) is 7.56. The maximum atomic E-state index is 12.5. The van der Waals surface area contributed by atoms with Crippen LogP contribution in [0.3, 0.4) is 0 Å². The fourth-order valence-electron chi connectivity index (χ4n) is 1.92. The number of benzene rings is 1. The zero-order valence-corrected chi connectivity index (χ0v) is 13.1. The van der Waals surface area contributed by atoms with Crippen LogP contribution in [0.5, 0.6) is 0 Å². The summed E-state index contributed by atoms with van der Waals surface area (Å²) in [4.78, 5) is 14.3. The SMILES string of the molecule is CCCCN(C(=O)CC(C)(C)C)c1ccccc1Cl. The molecule has 0 saturated carbocycles. The third-order valence-corrected chi connectivity index (χ3v) is 3.18.